The molecular formula is C17H21NO2. The molecule has 0 saturated heterocycles. The van der Waals surface area contributed by atoms with Gasteiger partial charge in [-0.15, -0.1) is 0 Å². The topological polar surface area (TPSA) is 41.5 Å². The summed E-state index contributed by atoms with van der Waals surface area (Å²) in [5, 5.41) is 12.7. The highest BCUT2D eigenvalue weighted by molar-refractivity contribution is 5.47. The number of rotatable bonds is 6. The maximum atomic E-state index is 9.27. The molecule has 2 aromatic rings. The lowest BCUT2D eigenvalue weighted by atomic mass is 10.1. The zero-order valence-corrected chi connectivity index (χ0v) is 12.0. The van der Waals surface area contributed by atoms with Crippen LogP contribution in [0.5, 0.6) is 11.5 Å². The molecule has 0 heterocycles. The molecule has 106 valence electrons. The lowest BCUT2D eigenvalue weighted by molar-refractivity contribution is 0.340. The Hall–Kier alpha value is -2.16. The van der Waals surface area contributed by atoms with Crippen LogP contribution in [0, 0.1) is 0 Å². The Balaban J connectivity index is 1.90. The highest BCUT2D eigenvalue weighted by atomic mass is 16.5. The first-order valence-corrected chi connectivity index (χ1v) is 6.94. The van der Waals surface area contributed by atoms with Crippen molar-refractivity contribution in [1.29, 1.82) is 0 Å². The van der Waals surface area contributed by atoms with Gasteiger partial charge in [0, 0.05) is 11.7 Å². The van der Waals surface area contributed by atoms with Gasteiger partial charge in [0.25, 0.3) is 0 Å². The summed E-state index contributed by atoms with van der Waals surface area (Å²) >= 11 is 0. The molecule has 0 spiro atoms. The van der Waals surface area contributed by atoms with Crippen LogP contribution >= 0.6 is 0 Å². The van der Waals surface area contributed by atoms with Crippen molar-refractivity contribution < 1.29 is 9.84 Å². The van der Waals surface area contributed by atoms with Crippen molar-refractivity contribution in [2.24, 2.45) is 0 Å². The fraction of sp³-hybridized carbons (Fsp3) is 0.294. The monoisotopic (exact) mass is 271 g/mol. The first kappa shape index (κ1) is 14.3. The third-order valence-corrected chi connectivity index (χ3v) is 3.06. The minimum Gasteiger partial charge on any atom is -0.508 e. The van der Waals surface area contributed by atoms with Gasteiger partial charge in [-0.3, -0.25) is 0 Å². The number of nitrogens with one attached hydrogen (secondary N) is 1. The van der Waals surface area contributed by atoms with Gasteiger partial charge in [0.2, 0.25) is 0 Å². The molecule has 0 aromatic heterocycles. The van der Waals surface area contributed by atoms with Crippen LogP contribution in [-0.2, 0) is 6.42 Å². The molecule has 1 atom stereocenters. The lowest BCUT2D eigenvalue weighted by Gasteiger charge is -2.16. The van der Waals surface area contributed by atoms with Crippen molar-refractivity contribution in [3.63, 3.8) is 0 Å². The van der Waals surface area contributed by atoms with Crippen molar-refractivity contribution in [1.82, 2.24) is 0 Å². The second kappa shape index (κ2) is 6.85. The van der Waals surface area contributed by atoms with Crippen LogP contribution in [0.15, 0.2) is 48.5 Å². The van der Waals surface area contributed by atoms with E-state index in [0.717, 1.165) is 17.9 Å². The Labute approximate surface area is 120 Å². The predicted molar refractivity (Wildman–Crippen MR) is 82.5 cm³/mol. The van der Waals surface area contributed by atoms with Crippen molar-refractivity contribution >= 4 is 5.69 Å². The third kappa shape index (κ3) is 4.19. The van der Waals surface area contributed by atoms with Gasteiger partial charge in [0.05, 0.1) is 6.61 Å². The Morgan fingerprint density at radius 3 is 2.30 bits per heavy atom. The van der Waals surface area contributed by atoms with Gasteiger partial charge < -0.3 is 15.2 Å². The molecule has 0 aliphatic rings. The normalized spacial score (nSPS) is 11.9. The van der Waals surface area contributed by atoms with E-state index in [-0.39, 0.29) is 0 Å². The molecule has 2 aromatic carbocycles. The van der Waals surface area contributed by atoms with Gasteiger partial charge in [-0.25, -0.2) is 0 Å². The Kier molecular flexibility index (Phi) is 4.88. The van der Waals surface area contributed by atoms with E-state index in [2.05, 4.69) is 12.2 Å². The quantitative estimate of drug-likeness (QED) is 0.839. The summed E-state index contributed by atoms with van der Waals surface area (Å²) in [6.07, 6.45) is 0.910. The number of hydrogen-bond donors (Lipinski definition) is 2. The zero-order valence-electron chi connectivity index (χ0n) is 12.0. The molecule has 0 bridgehead atoms. The Morgan fingerprint density at radius 2 is 1.70 bits per heavy atom. The zero-order chi connectivity index (χ0) is 14.4. The van der Waals surface area contributed by atoms with Crippen LogP contribution in [0.1, 0.15) is 19.4 Å². The van der Waals surface area contributed by atoms with Gasteiger partial charge in [0.1, 0.15) is 11.5 Å². The molecule has 0 aliphatic carbocycles. The van der Waals surface area contributed by atoms with Crippen LogP contribution in [0.25, 0.3) is 0 Å². The highest BCUT2D eigenvalue weighted by Crippen LogP contribution is 2.18. The van der Waals surface area contributed by atoms with Gasteiger partial charge in [-0.2, -0.15) is 0 Å². The molecule has 0 saturated carbocycles. The molecule has 3 nitrogen and oxygen atoms in total. The van der Waals surface area contributed by atoms with E-state index < -0.39 is 0 Å². The van der Waals surface area contributed by atoms with Gasteiger partial charge in [0.15, 0.2) is 0 Å². The minimum absolute atomic E-state index is 0.306. The lowest BCUT2D eigenvalue weighted by Crippen LogP contribution is -2.17. The highest BCUT2D eigenvalue weighted by Gasteiger charge is 2.04. The van der Waals surface area contributed by atoms with E-state index in [4.69, 9.17) is 4.74 Å². The van der Waals surface area contributed by atoms with Crippen molar-refractivity contribution in [3.05, 3.63) is 54.1 Å². The van der Waals surface area contributed by atoms with E-state index in [1.54, 1.807) is 12.1 Å². The van der Waals surface area contributed by atoms with Crippen molar-refractivity contribution in [2.75, 3.05) is 11.9 Å². The summed E-state index contributed by atoms with van der Waals surface area (Å²) in [6, 6.07) is 15.7. The standard InChI is InChI=1S/C17H21NO2/c1-3-20-17-10-6-15(7-11-17)18-13(2)12-14-4-8-16(19)9-5-14/h4-11,13,18-19H,3,12H2,1-2H3. The molecular weight excluding hydrogens is 250 g/mol. The number of anilines is 1. The smallest absolute Gasteiger partial charge is 0.119 e. The maximum absolute atomic E-state index is 9.27. The van der Waals surface area contributed by atoms with E-state index in [1.807, 2.05) is 43.3 Å². The largest absolute Gasteiger partial charge is 0.508 e. The average molecular weight is 271 g/mol. The van der Waals surface area contributed by atoms with Crippen LogP contribution in [-0.4, -0.2) is 17.8 Å². The van der Waals surface area contributed by atoms with Gasteiger partial charge in [-0.05, 0) is 62.2 Å². The number of phenolic OH excluding ortho intramolecular Hbond substituents is 1. The minimum atomic E-state index is 0.306. The van der Waals surface area contributed by atoms with E-state index in [1.165, 1.54) is 5.56 Å². The summed E-state index contributed by atoms with van der Waals surface area (Å²) in [6.45, 7) is 4.80. The maximum Gasteiger partial charge on any atom is 0.119 e. The predicted octanol–water partition coefficient (Wildman–Crippen LogP) is 3.83. The fourth-order valence-corrected chi connectivity index (χ4v) is 2.14. The number of hydrogen-bond acceptors (Lipinski definition) is 3. The molecule has 2 N–H and O–H groups in total. The first-order valence-electron chi connectivity index (χ1n) is 6.94. The second-order valence-corrected chi connectivity index (χ2v) is 4.87. The summed E-state index contributed by atoms with van der Waals surface area (Å²) in [5.74, 6) is 1.20. The Bertz CT molecular complexity index is 520. The summed E-state index contributed by atoms with van der Waals surface area (Å²) < 4.78 is 5.42. The molecule has 0 amide bonds. The van der Waals surface area contributed by atoms with Crippen LogP contribution in [0.2, 0.25) is 0 Å². The number of phenols is 1. The molecule has 2 rings (SSSR count). The first-order chi connectivity index (χ1) is 9.67. The molecule has 0 aliphatic heterocycles. The number of ether oxygens (including phenoxy) is 1. The molecule has 20 heavy (non-hydrogen) atoms. The van der Waals surface area contributed by atoms with Gasteiger partial charge >= 0.3 is 0 Å². The van der Waals surface area contributed by atoms with Crippen molar-refractivity contribution in [2.45, 2.75) is 26.3 Å². The summed E-state index contributed by atoms with van der Waals surface area (Å²) in [5.41, 5.74) is 2.29. The second-order valence-electron chi connectivity index (χ2n) is 4.87. The average Bonchev–Trinajstić information content (AvgIpc) is 2.44. The molecule has 3 heteroatoms. The fourth-order valence-electron chi connectivity index (χ4n) is 2.14. The third-order valence-electron chi connectivity index (χ3n) is 3.06. The van der Waals surface area contributed by atoms with Crippen LogP contribution in [0.3, 0.4) is 0 Å². The van der Waals surface area contributed by atoms with Crippen molar-refractivity contribution in [3.8, 4) is 11.5 Å². The Morgan fingerprint density at radius 1 is 1.05 bits per heavy atom. The van der Waals surface area contributed by atoms with Crippen LogP contribution in [0.4, 0.5) is 5.69 Å². The molecule has 1 unspecified atom stereocenters. The molecule has 0 radical (unpaired) electrons. The molecule has 0 fully saturated rings. The SMILES string of the molecule is CCOc1ccc(NC(C)Cc2ccc(O)cc2)cc1. The summed E-state index contributed by atoms with van der Waals surface area (Å²) in [4.78, 5) is 0. The number of aromatic hydroxyl groups is 1. The van der Waals surface area contributed by atoms with Gasteiger partial charge in [-0.1, -0.05) is 12.1 Å². The summed E-state index contributed by atoms with van der Waals surface area (Å²) in [7, 11) is 0. The van der Waals surface area contributed by atoms with E-state index in [9.17, 15) is 5.11 Å². The van der Waals surface area contributed by atoms with E-state index in [0.29, 0.717) is 18.4 Å². The number of benzene rings is 2. The van der Waals surface area contributed by atoms with E-state index >= 15 is 0 Å². The van der Waals surface area contributed by atoms with Crippen LogP contribution < -0.4 is 10.1 Å².